The third-order valence-electron chi connectivity index (χ3n) is 1.14. The Kier molecular flexibility index (Phi) is 1.80. The molecule has 8 heavy (non-hydrogen) atoms. The molecule has 4 heteroatoms. The highest BCUT2D eigenvalue weighted by atomic mass is 17.2. The topological polar surface area (TPSA) is 70.5 Å². The van der Waals surface area contributed by atoms with E-state index in [1.807, 2.05) is 0 Å². The molecule has 0 amide bonds. The predicted octanol–water partition coefficient (Wildman–Crippen LogP) is -1.05. The van der Waals surface area contributed by atoms with Crippen LogP contribution in [0.1, 0.15) is 6.42 Å². The second kappa shape index (κ2) is 2.41. The molecular formula is C4H10N2O2. The van der Waals surface area contributed by atoms with Crippen LogP contribution >= 0.6 is 0 Å². The van der Waals surface area contributed by atoms with Crippen LogP contribution in [0.25, 0.3) is 0 Å². The van der Waals surface area contributed by atoms with E-state index in [9.17, 15) is 0 Å². The van der Waals surface area contributed by atoms with Crippen LogP contribution in [0.3, 0.4) is 0 Å². The Morgan fingerprint density at radius 1 is 1.38 bits per heavy atom. The molecule has 2 atom stereocenters. The molecule has 0 aromatic rings. The van der Waals surface area contributed by atoms with Gasteiger partial charge < -0.3 is 11.5 Å². The molecule has 4 nitrogen and oxygen atoms in total. The molecule has 1 aliphatic rings. The van der Waals surface area contributed by atoms with E-state index in [1.165, 1.54) is 0 Å². The smallest absolute Gasteiger partial charge is 0.156 e. The predicted molar refractivity (Wildman–Crippen MR) is 27.6 cm³/mol. The highest BCUT2D eigenvalue weighted by Crippen LogP contribution is 2.03. The molecule has 2 unspecified atom stereocenters. The molecule has 1 fully saturated rings. The largest absolute Gasteiger partial charge is 0.324 e. The molecule has 48 valence electrons. The van der Waals surface area contributed by atoms with Gasteiger partial charge in [-0.25, -0.2) is 9.78 Å². The lowest BCUT2D eigenvalue weighted by Gasteiger charge is -2.23. The van der Waals surface area contributed by atoms with Gasteiger partial charge in [0, 0.05) is 6.04 Å². The van der Waals surface area contributed by atoms with Crippen molar-refractivity contribution < 1.29 is 9.78 Å². The molecule has 0 aromatic carbocycles. The van der Waals surface area contributed by atoms with Crippen LogP contribution in [0.5, 0.6) is 0 Å². The summed E-state index contributed by atoms with van der Waals surface area (Å²) < 4.78 is 0. The molecule has 1 rings (SSSR count). The molecule has 0 radical (unpaired) electrons. The summed E-state index contributed by atoms with van der Waals surface area (Å²) in [5.41, 5.74) is 10.8. The zero-order chi connectivity index (χ0) is 5.98. The fraction of sp³-hybridized carbons (Fsp3) is 1.00. The van der Waals surface area contributed by atoms with Crippen LogP contribution in [0.2, 0.25) is 0 Å². The summed E-state index contributed by atoms with van der Waals surface area (Å²) >= 11 is 0. The minimum absolute atomic E-state index is 0.0660. The maximum Gasteiger partial charge on any atom is 0.156 e. The van der Waals surface area contributed by atoms with Crippen LogP contribution in [0, 0.1) is 0 Å². The van der Waals surface area contributed by atoms with Crippen LogP contribution in [-0.2, 0) is 9.78 Å². The Hall–Kier alpha value is -0.160. The van der Waals surface area contributed by atoms with Gasteiger partial charge in [-0.3, -0.25) is 0 Å². The third kappa shape index (κ3) is 1.16. The average Bonchev–Trinajstić information content (AvgIpc) is 1.77. The van der Waals surface area contributed by atoms with Crippen LogP contribution in [0.15, 0.2) is 0 Å². The number of rotatable bonds is 0. The maximum atomic E-state index is 5.45. The first-order valence-electron chi connectivity index (χ1n) is 2.60. The van der Waals surface area contributed by atoms with Gasteiger partial charge in [0.15, 0.2) is 6.23 Å². The van der Waals surface area contributed by atoms with Gasteiger partial charge in [0.1, 0.15) is 0 Å². The molecule has 0 aliphatic carbocycles. The molecule has 4 N–H and O–H groups in total. The second-order valence-electron chi connectivity index (χ2n) is 1.84. The minimum Gasteiger partial charge on any atom is -0.324 e. The van der Waals surface area contributed by atoms with E-state index < -0.39 is 6.23 Å². The van der Waals surface area contributed by atoms with Gasteiger partial charge in [0.2, 0.25) is 0 Å². The molecule has 1 saturated heterocycles. The lowest BCUT2D eigenvalue weighted by molar-refractivity contribution is -0.347. The Balaban J connectivity index is 2.28. The molecule has 0 spiro atoms. The fourth-order valence-electron chi connectivity index (χ4n) is 0.547. The van der Waals surface area contributed by atoms with Crippen LogP contribution in [0.4, 0.5) is 0 Å². The minimum atomic E-state index is -0.441. The Bertz CT molecular complexity index is 68.4. The van der Waals surface area contributed by atoms with Crippen molar-refractivity contribution >= 4 is 0 Å². The SMILES string of the molecule is NC1CCOOC1N. The highest BCUT2D eigenvalue weighted by molar-refractivity contribution is 4.67. The monoisotopic (exact) mass is 118 g/mol. The Morgan fingerprint density at radius 2 is 2.12 bits per heavy atom. The van der Waals surface area contributed by atoms with E-state index in [0.717, 1.165) is 6.42 Å². The van der Waals surface area contributed by atoms with E-state index >= 15 is 0 Å². The number of nitrogens with two attached hydrogens (primary N) is 2. The summed E-state index contributed by atoms with van der Waals surface area (Å²) in [6, 6.07) is -0.0660. The maximum absolute atomic E-state index is 5.45. The van der Waals surface area contributed by atoms with E-state index in [0.29, 0.717) is 6.61 Å². The van der Waals surface area contributed by atoms with E-state index in [4.69, 9.17) is 11.5 Å². The lowest BCUT2D eigenvalue weighted by atomic mass is 10.2. The Labute approximate surface area is 47.7 Å². The lowest BCUT2D eigenvalue weighted by Crippen LogP contribution is -2.47. The molecule has 0 aromatic heterocycles. The van der Waals surface area contributed by atoms with Gasteiger partial charge in [0.05, 0.1) is 6.61 Å². The van der Waals surface area contributed by atoms with Crippen molar-refractivity contribution in [3.63, 3.8) is 0 Å². The van der Waals surface area contributed by atoms with Crippen molar-refractivity contribution in [1.82, 2.24) is 0 Å². The van der Waals surface area contributed by atoms with Gasteiger partial charge in [-0.05, 0) is 6.42 Å². The highest BCUT2D eigenvalue weighted by Gasteiger charge is 2.18. The zero-order valence-electron chi connectivity index (χ0n) is 4.54. The Morgan fingerprint density at radius 3 is 2.50 bits per heavy atom. The van der Waals surface area contributed by atoms with E-state index in [1.54, 1.807) is 0 Å². The first-order valence-corrected chi connectivity index (χ1v) is 2.60. The summed E-state index contributed by atoms with van der Waals surface area (Å²) in [6.45, 7) is 0.550. The summed E-state index contributed by atoms with van der Waals surface area (Å²) in [5.74, 6) is 0. The van der Waals surface area contributed by atoms with E-state index in [2.05, 4.69) is 9.78 Å². The summed E-state index contributed by atoms with van der Waals surface area (Å²) in [4.78, 5) is 9.09. The number of hydrogen-bond acceptors (Lipinski definition) is 4. The fourth-order valence-corrected chi connectivity index (χ4v) is 0.547. The van der Waals surface area contributed by atoms with Crippen LogP contribution < -0.4 is 11.5 Å². The zero-order valence-corrected chi connectivity index (χ0v) is 4.54. The normalized spacial score (nSPS) is 39.8. The average molecular weight is 118 g/mol. The quantitative estimate of drug-likeness (QED) is 0.398. The first-order chi connectivity index (χ1) is 3.80. The molecule has 0 bridgehead atoms. The molecular weight excluding hydrogens is 108 g/mol. The van der Waals surface area contributed by atoms with Crippen molar-refractivity contribution in [2.45, 2.75) is 18.7 Å². The third-order valence-corrected chi connectivity index (χ3v) is 1.14. The molecule has 1 aliphatic heterocycles. The summed E-state index contributed by atoms with van der Waals surface area (Å²) in [6.07, 6.45) is 0.338. The van der Waals surface area contributed by atoms with Crippen molar-refractivity contribution in [2.75, 3.05) is 6.61 Å². The first kappa shape index (κ1) is 5.97. The van der Waals surface area contributed by atoms with Gasteiger partial charge in [-0.1, -0.05) is 0 Å². The van der Waals surface area contributed by atoms with Crippen molar-refractivity contribution in [1.29, 1.82) is 0 Å². The summed E-state index contributed by atoms with van der Waals surface area (Å²) in [5, 5.41) is 0. The van der Waals surface area contributed by atoms with Crippen molar-refractivity contribution in [3.05, 3.63) is 0 Å². The second-order valence-corrected chi connectivity index (χ2v) is 1.84. The van der Waals surface area contributed by atoms with Gasteiger partial charge >= 0.3 is 0 Å². The van der Waals surface area contributed by atoms with Crippen molar-refractivity contribution in [2.24, 2.45) is 11.5 Å². The van der Waals surface area contributed by atoms with Gasteiger partial charge in [-0.15, -0.1) is 0 Å². The van der Waals surface area contributed by atoms with E-state index in [-0.39, 0.29) is 6.04 Å². The van der Waals surface area contributed by atoms with Crippen molar-refractivity contribution in [3.8, 4) is 0 Å². The van der Waals surface area contributed by atoms with Gasteiger partial charge in [-0.2, -0.15) is 0 Å². The standard InChI is InChI=1S/C4H10N2O2/c5-3-1-2-7-8-4(3)6/h3-4H,1-2,5-6H2. The summed E-state index contributed by atoms with van der Waals surface area (Å²) in [7, 11) is 0. The van der Waals surface area contributed by atoms with Gasteiger partial charge in [0.25, 0.3) is 0 Å². The molecule has 0 saturated carbocycles. The molecule has 1 heterocycles. The number of hydrogen-bond donors (Lipinski definition) is 2. The van der Waals surface area contributed by atoms with Crippen LogP contribution in [-0.4, -0.2) is 18.9 Å².